The fourth-order valence-electron chi connectivity index (χ4n) is 2.93. The first-order valence-electron chi connectivity index (χ1n) is 8.78. The van der Waals surface area contributed by atoms with Crippen molar-refractivity contribution in [2.45, 2.75) is 6.04 Å². The average molecular weight is 360 g/mol. The summed E-state index contributed by atoms with van der Waals surface area (Å²) in [4.78, 5) is 28.4. The standard InChI is InChI=1S/C19H28N4O3/c1-4-9-20-18(24)19(25)21-14-17(23-12-10-22(2)11-13-23)15-5-7-16(26-3)8-6-15/h4-8,17H,1,9-14H2,2-3H3,(H,20,24)(H,21,25)/t17-/m1/s1. The molecule has 1 heterocycles. The summed E-state index contributed by atoms with van der Waals surface area (Å²) >= 11 is 0. The van der Waals surface area contributed by atoms with Crippen LogP contribution in [-0.4, -0.2) is 75.0 Å². The molecule has 26 heavy (non-hydrogen) atoms. The average Bonchev–Trinajstić information content (AvgIpc) is 2.67. The predicted molar refractivity (Wildman–Crippen MR) is 101 cm³/mol. The van der Waals surface area contributed by atoms with Crippen molar-refractivity contribution in [2.24, 2.45) is 0 Å². The summed E-state index contributed by atoms with van der Waals surface area (Å²) in [5, 5.41) is 5.25. The van der Waals surface area contributed by atoms with Crippen molar-refractivity contribution in [1.29, 1.82) is 0 Å². The van der Waals surface area contributed by atoms with Gasteiger partial charge in [-0.25, -0.2) is 0 Å². The number of methoxy groups -OCH3 is 1. The molecule has 0 radical (unpaired) electrons. The maximum absolute atomic E-state index is 12.0. The lowest BCUT2D eigenvalue weighted by atomic mass is 10.0. The minimum absolute atomic E-state index is 0.00533. The Kier molecular flexibility index (Phi) is 7.62. The van der Waals surface area contributed by atoms with E-state index < -0.39 is 11.8 Å². The molecule has 1 aliphatic heterocycles. The van der Waals surface area contributed by atoms with Crippen LogP contribution in [0.25, 0.3) is 0 Å². The molecule has 0 saturated carbocycles. The van der Waals surface area contributed by atoms with Crippen LogP contribution in [0.3, 0.4) is 0 Å². The SMILES string of the molecule is C=CCNC(=O)C(=O)NC[C@H](c1ccc(OC)cc1)N1CCN(C)CC1. The second kappa shape index (κ2) is 9.94. The Bertz CT molecular complexity index is 610. The quantitative estimate of drug-likeness (QED) is 0.544. The van der Waals surface area contributed by atoms with Crippen LogP contribution >= 0.6 is 0 Å². The van der Waals surface area contributed by atoms with Crippen molar-refractivity contribution in [1.82, 2.24) is 20.4 Å². The van der Waals surface area contributed by atoms with E-state index in [-0.39, 0.29) is 12.6 Å². The predicted octanol–water partition coefficient (Wildman–Crippen LogP) is 0.402. The van der Waals surface area contributed by atoms with E-state index in [1.165, 1.54) is 6.08 Å². The van der Waals surface area contributed by atoms with Crippen molar-refractivity contribution < 1.29 is 14.3 Å². The first kappa shape index (κ1) is 19.9. The number of rotatable bonds is 7. The first-order valence-corrected chi connectivity index (χ1v) is 8.78. The Labute approximate surface area is 155 Å². The van der Waals surface area contributed by atoms with E-state index in [4.69, 9.17) is 4.74 Å². The van der Waals surface area contributed by atoms with Gasteiger partial charge in [-0.3, -0.25) is 14.5 Å². The number of nitrogens with zero attached hydrogens (tertiary/aromatic N) is 2. The van der Waals surface area contributed by atoms with Gasteiger partial charge < -0.3 is 20.3 Å². The highest BCUT2D eigenvalue weighted by Gasteiger charge is 2.25. The molecule has 2 rings (SSSR count). The smallest absolute Gasteiger partial charge is 0.309 e. The third kappa shape index (κ3) is 5.57. The molecular formula is C19H28N4O3. The van der Waals surface area contributed by atoms with Crippen molar-refractivity contribution in [3.05, 3.63) is 42.5 Å². The summed E-state index contributed by atoms with van der Waals surface area (Å²) in [6.45, 7) is 7.92. The summed E-state index contributed by atoms with van der Waals surface area (Å²) in [6.07, 6.45) is 1.54. The van der Waals surface area contributed by atoms with Crippen molar-refractivity contribution in [2.75, 3.05) is 53.4 Å². The number of carbonyl (C=O) groups excluding carboxylic acids is 2. The van der Waals surface area contributed by atoms with Crippen molar-refractivity contribution >= 4 is 11.8 Å². The molecule has 2 N–H and O–H groups in total. The van der Waals surface area contributed by atoms with Crippen molar-refractivity contribution in [3.63, 3.8) is 0 Å². The van der Waals surface area contributed by atoms with Crippen LogP contribution in [0.15, 0.2) is 36.9 Å². The third-order valence-electron chi connectivity index (χ3n) is 4.55. The molecule has 142 valence electrons. The van der Waals surface area contributed by atoms with Gasteiger partial charge in [-0.15, -0.1) is 6.58 Å². The van der Waals surface area contributed by atoms with E-state index in [0.29, 0.717) is 6.54 Å². The molecule has 1 aromatic rings. The molecule has 1 aliphatic rings. The largest absolute Gasteiger partial charge is 0.497 e. The first-order chi connectivity index (χ1) is 12.5. The van der Waals surface area contributed by atoms with Gasteiger partial charge in [0.25, 0.3) is 0 Å². The number of ether oxygens (including phenoxy) is 1. The zero-order valence-corrected chi connectivity index (χ0v) is 15.5. The van der Waals surface area contributed by atoms with Gasteiger partial charge in [0.1, 0.15) is 5.75 Å². The Hall–Kier alpha value is -2.38. The number of amides is 2. The maximum atomic E-state index is 12.0. The lowest BCUT2D eigenvalue weighted by Gasteiger charge is -2.38. The molecule has 1 aromatic carbocycles. The van der Waals surface area contributed by atoms with E-state index in [0.717, 1.165) is 37.5 Å². The molecule has 1 fully saturated rings. The Balaban J connectivity index is 2.06. The number of carbonyl (C=O) groups is 2. The molecule has 1 atom stereocenters. The van der Waals surface area contributed by atoms with Crippen LogP contribution in [0.2, 0.25) is 0 Å². The highest BCUT2D eigenvalue weighted by Crippen LogP contribution is 2.23. The molecule has 0 unspecified atom stereocenters. The zero-order chi connectivity index (χ0) is 18.9. The number of nitrogens with one attached hydrogen (secondary N) is 2. The van der Waals surface area contributed by atoms with Crippen LogP contribution in [0, 0.1) is 0 Å². The summed E-state index contributed by atoms with van der Waals surface area (Å²) < 4.78 is 5.22. The summed E-state index contributed by atoms with van der Waals surface area (Å²) in [6, 6.07) is 7.84. The number of hydrogen-bond donors (Lipinski definition) is 2. The molecule has 1 saturated heterocycles. The molecular weight excluding hydrogens is 332 g/mol. The van der Waals surface area contributed by atoms with Crippen molar-refractivity contribution in [3.8, 4) is 5.75 Å². The van der Waals surface area contributed by atoms with Crippen LogP contribution < -0.4 is 15.4 Å². The van der Waals surface area contributed by atoms with E-state index in [1.807, 2.05) is 24.3 Å². The highest BCUT2D eigenvalue weighted by molar-refractivity contribution is 6.35. The molecule has 7 nitrogen and oxygen atoms in total. The molecule has 7 heteroatoms. The second-order valence-corrected chi connectivity index (χ2v) is 6.34. The Morgan fingerprint density at radius 2 is 1.77 bits per heavy atom. The van der Waals surface area contributed by atoms with Gasteiger partial charge in [-0.2, -0.15) is 0 Å². The van der Waals surface area contributed by atoms with Gasteiger partial charge in [0.2, 0.25) is 0 Å². The second-order valence-electron chi connectivity index (χ2n) is 6.34. The molecule has 0 bridgehead atoms. The normalized spacial score (nSPS) is 16.5. The van der Waals surface area contributed by atoms with Gasteiger partial charge in [-0.1, -0.05) is 18.2 Å². The Morgan fingerprint density at radius 1 is 1.15 bits per heavy atom. The number of piperazine rings is 1. The number of benzene rings is 1. The van der Waals surface area contributed by atoms with Crippen LogP contribution in [0.4, 0.5) is 0 Å². The van der Waals surface area contributed by atoms with Gasteiger partial charge in [0.15, 0.2) is 0 Å². The third-order valence-corrected chi connectivity index (χ3v) is 4.55. The summed E-state index contributed by atoms with van der Waals surface area (Å²) in [5.41, 5.74) is 1.09. The van der Waals surface area contributed by atoms with Crippen LogP contribution in [0.1, 0.15) is 11.6 Å². The van der Waals surface area contributed by atoms with Crippen LogP contribution in [0.5, 0.6) is 5.75 Å². The molecule has 0 spiro atoms. The maximum Gasteiger partial charge on any atom is 0.309 e. The topological polar surface area (TPSA) is 73.9 Å². The van der Waals surface area contributed by atoms with E-state index in [2.05, 4.69) is 34.1 Å². The molecule has 2 amide bonds. The van der Waals surface area contributed by atoms with Gasteiger partial charge in [0.05, 0.1) is 13.2 Å². The number of hydrogen-bond acceptors (Lipinski definition) is 5. The fraction of sp³-hybridized carbons (Fsp3) is 0.474. The fourth-order valence-corrected chi connectivity index (χ4v) is 2.93. The lowest BCUT2D eigenvalue weighted by molar-refractivity contribution is -0.139. The lowest BCUT2D eigenvalue weighted by Crippen LogP contribution is -2.49. The van der Waals surface area contributed by atoms with Gasteiger partial charge in [0, 0.05) is 39.3 Å². The van der Waals surface area contributed by atoms with Crippen LogP contribution in [-0.2, 0) is 9.59 Å². The summed E-state index contributed by atoms with van der Waals surface area (Å²) in [7, 11) is 3.74. The highest BCUT2D eigenvalue weighted by atomic mass is 16.5. The minimum atomic E-state index is -0.642. The minimum Gasteiger partial charge on any atom is -0.497 e. The van der Waals surface area contributed by atoms with E-state index in [9.17, 15) is 9.59 Å². The number of likely N-dealkylation sites (N-methyl/N-ethyl adjacent to an activating group) is 1. The van der Waals surface area contributed by atoms with E-state index >= 15 is 0 Å². The summed E-state index contributed by atoms with van der Waals surface area (Å²) in [5.74, 6) is -0.477. The monoisotopic (exact) mass is 360 g/mol. The Morgan fingerprint density at radius 3 is 2.35 bits per heavy atom. The van der Waals surface area contributed by atoms with Gasteiger partial charge >= 0.3 is 11.8 Å². The zero-order valence-electron chi connectivity index (χ0n) is 15.5. The van der Waals surface area contributed by atoms with Gasteiger partial charge in [-0.05, 0) is 24.7 Å². The molecule has 0 aliphatic carbocycles. The molecule has 0 aromatic heterocycles. The van der Waals surface area contributed by atoms with E-state index in [1.54, 1.807) is 7.11 Å².